The minimum Gasteiger partial charge on any atom is -0.497 e. The predicted octanol–water partition coefficient (Wildman–Crippen LogP) is 9.53. The number of para-hydroxylation sites is 1. The van der Waals surface area contributed by atoms with Gasteiger partial charge in [-0.25, -0.2) is 9.97 Å². The molecule has 4 aromatic carbocycles. The van der Waals surface area contributed by atoms with Crippen molar-refractivity contribution in [3.63, 3.8) is 0 Å². The summed E-state index contributed by atoms with van der Waals surface area (Å²) in [5.41, 5.74) is 5.44. The van der Waals surface area contributed by atoms with E-state index >= 15 is 0 Å². The number of aromatic nitrogens is 6. The minimum absolute atomic E-state index is 0.459. The monoisotopic (exact) mass is 762 g/mol. The lowest BCUT2D eigenvalue weighted by molar-refractivity contribution is 0.415. The highest BCUT2D eigenvalue weighted by Crippen LogP contribution is 2.28. The SMILES string of the molecule is COc1ccc(Nc2nc(Nc3ccccc3)c3cc(Br)cnc3n2)cc1.c1ccc(CNc2nc(NCc3ccccc3)c3cccnc3n2)cc1. The molecule has 0 fully saturated rings. The number of nitrogens with one attached hydrogen (secondary N) is 4. The normalized spacial score (nSPS) is 10.6. The molecule has 8 aromatic rings. The van der Waals surface area contributed by atoms with Gasteiger partial charge in [-0.2, -0.15) is 19.9 Å². The van der Waals surface area contributed by atoms with Crippen LogP contribution in [0, 0.1) is 0 Å². The second kappa shape index (κ2) is 17.0. The molecule has 0 amide bonds. The van der Waals surface area contributed by atoms with Crippen LogP contribution in [0.1, 0.15) is 11.1 Å². The molecule has 0 unspecified atom stereocenters. The molecule has 4 N–H and O–H groups in total. The highest BCUT2D eigenvalue weighted by atomic mass is 79.9. The van der Waals surface area contributed by atoms with E-state index in [-0.39, 0.29) is 0 Å². The van der Waals surface area contributed by atoms with Crippen molar-refractivity contribution in [2.24, 2.45) is 0 Å². The number of pyridine rings is 2. The first kappa shape index (κ1) is 34.8. The van der Waals surface area contributed by atoms with Crippen LogP contribution in [0.3, 0.4) is 0 Å². The highest BCUT2D eigenvalue weighted by molar-refractivity contribution is 9.10. The highest BCUT2D eigenvalue weighted by Gasteiger charge is 2.11. The maximum absolute atomic E-state index is 5.19. The standard InChI is InChI=1S/C21H19N5.C20H16BrN5O/c1-3-8-16(9-4-1)14-23-20-18-12-7-13-22-19(18)25-21(26-20)24-15-17-10-5-2-6-11-17;1-27-16-9-7-15(8-10-16)24-20-25-18-17(11-13(21)12-22-18)19(26-20)23-14-5-3-2-4-6-14/h1-13H,14-15H2,(H2,22,23,24,25,26);2-12H,1H3,(H2,22,23,24,25,26). The van der Waals surface area contributed by atoms with Gasteiger partial charge in [-0.15, -0.1) is 0 Å². The van der Waals surface area contributed by atoms with Crippen LogP contribution in [0.2, 0.25) is 0 Å². The lowest BCUT2D eigenvalue weighted by atomic mass is 10.2. The predicted molar refractivity (Wildman–Crippen MR) is 216 cm³/mol. The first-order valence-electron chi connectivity index (χ1n) is 16.8. The number of ether oxygens (including phenoxy) is 1. The van der Waals surface area contributed by atoms with E-state index in [4.69, 9.17) is 4.74 Å². The first-order chi connectivity index (χ1) is 26.1. The molecule has 0 saturated heterocycles. The second-order valence-electron chi connectivity index (χ2n) is 11.7. The quantitative estimate of drug-likeness (QED) is 0.100. The van der Waals surface area contributed by atoms with Gasteiger partial charge in [-0.05, 0) is 81.7 Å². The maximum Gasteiger partial charge on any atom is 0.231 e. The van der Waals surface area contributed by atoms with E-state index in [1.807, 2.05) is 109 Å². The van der Waals surface area contributed by atoms with Crippen LogP contribution in [0.5, 0.6) is 5.75 Å². The van der Waals surface area contributed by atoms with Crippen LogP contribution in [0.4, 0.5) is 34.9 Å². The van der Waals surface area contributed by atoms with Crippen molar-refractivity contribution >= 4 is 72.9 Å². The smallest absolute Gasteiger partial charge is 0.231 e. The Kier molecular flexibility index (Phi) is 11.2. The van der Waals surface area contributed by atoms with Crippen LogP contribution in [-0.4, -0.2) is 37.0 Å². The third-order valence-corrected chi connectivity index (χ3v) is 8.40. The molecule has 0 aliphatic heterocycles. The molecule has 4 heterocycles. The fraction of sp³-hybridized carbons (Fsp3) is 0.0732. The van der Waals surface area contributed by atoms with Crippen molar-refractivity contribution in [1.82, 2.24) is 29.9 Å². The average Bonchev–Trinajstić information content (AvgIpc) is 3.21. The molecule has 0 radical (unpaired) electrons. The van der Waals surface area contributed by atoms with Crippen LogP contribution >= 0.6 is 15.9 Å². The molecule has 0 aliphatic rings. The number of nitrogens with zero attached hydrogens (tertiary/aromatic N) is 6. The summed E-state index contributed by atoms with van der Waals surface area (Å²) in [4.78, 5) is 27.2. The number of hydrogen-bond acceptors (Lipinski definition) is 11. The van der Waals surface area contributed by atoms with Crippen LogP contribution in [-0.2, 0) is 13.1 Å². The molecule has 4 aromatic heterocycles. The number of anilines is 6. The molecule has 12 heteroatoms. The lowest BCUT2D eigenvalue weighted by Gasteiger charge is -2.12. The zero-order valence-electron chi connectivity index (χ0n) is 28.7. The molecule has 262 valence electrons. The third-order valence-electron chi connectivity index (χ3n) is 7.97. The van der Waals surface area contributed by atoms with Crippen molar-refractivity contribution in [2.45, 2.75) is 13.1 Å². The Hall–Kier alpha value is -6.66. The molecule has 8 rings (SSSR count). The number of halogens is 1. The van der Waals surface area contributed by atoms with Gasteiger partial charge in [0.25, 0.3) is 0 Å². The number of fused-ring (bicyclic) bond motifs is 2. The van der Waals surface area contributed by atoms with Crippen LogP contribution in [0.25, 0.3) is 22.1 Å². The number of rotatable bonds is 11. The Bertz CT molecular complexity index is 2400. The Labute approximate surface area is 315 Å². The largest absolute Gasteiger partial charge is 0.497 e. The van der Waals surface area contributed by atoms with Gasteiger partial charge in [0.1, 0.15) is 17.4 Å². The Morgan fingerprint density at radius 2 is 1.15 bits per heavy atom. The molecular formula is C41H35BrN10O. The average molecular weight is 764 g/mol. The Balaban J connectivity index is 0.000000164. The second-order valence-corrected chi connectivity index (χ2v) is 12.6. The molecule has 0 atom stereocenters. The van der Waals surface area contributed by atoms with E-state index < -0.39 is 0 Å². The maximum atomic E-state index is 5.19. The molecule has 0 saturated carbocycles. The van der Waals surface area contributed by atoms with Crippen LogP contribution < -0.4 is 26.0 Å². The van der Waals surface area contributed by atoms with Gasteiger partial charge in [-0.1, -0.05) is 78.9 Å². The number of methoxy groups -OCH3 is 1. The topological polar surface area (TPSA) is 135 Å². The van der Waals surface area contributed by atoms with Gasteiger partial charge < -0.3 is 26.0 Å². The molecule has 53 heavy (non-hydrogen) atoms. The van der Waals surface area contributed by atoms with E-state index in [9.17, 15) is 0 Å². The zero-order valence-corrected chi connectivity index (χ0v) is 30.3. The molecule has 11 nitrogen and oxygen atoms in total. The van der Waals surface area contributed by atoms with Gasteiger partial charge >= 0.3 is 0 Å². The summed E-state index contributed by atoms with van der Waals surface area (Å²) in [5, 5.41) is 15.0. The van der Waals surface area contributed by atoms with Crippen LogP contribution in [0.15, 0.2) is 150 Å². The number of benzene rings is 4. The Morgan fingerprint density at radius 1 is 0.547 bits per heavy atom. The van der Waals surface area contributed by atoms with Crippen molar-refractivity contribution < 1.29 is 4.74 Å². The summed E-state index contributed by atoms with van der Waals surface area (Å²) in [6, 6.07) is 43.7. The fourth-order valence-corrected chi connectivity index (χ4v) is 5.67. The van der Waals surface area contributed by atoms with E-state index in [1.54, 1.807) is 19.5 Å². The number of hydrogen-bond donors (Lipinski definition) is 4. The summed E-state index contributed by atoms with van der Waals surface area (Å²) >= 11 is 3.46. The first-order valence-corrected chi connectivity index (χ1v) is 17.6. The van der Waals surface area contributed by atoms with E-state index in [1.165, 1.54) is 11.1 Å². The van der Waals surface area contributed by atoms with Crippen molar-refractivity contribution in [3.8, 4) is 5.75 Å². The van der Waals surface area contributed by atoms with E-state index in [0.29, 0.717) is 42.1 Å². The van der Waals surface area contributed by atoms with Gasteiger partial charge in [0.05, 0.1) is 17.9 Å². The van der Waals surface area contributed by atoms with E-state index in [2.05, 4.69) is 91.4 Å². The minimum atomic E-state index is 0.459. The third kappa shape index (κ3) is 9.37. The summed E-state index contributed by atoms with van der Waals surface area (Å²) in [6.45, 7) is 1.36. The Morgan fingerprint density at radius 3 is 1.85 bits per heavy atom. The summed E-state index contributed by atoms with van der Waals surface area (Å²) in [5.74, 6) is 3.27. The fourth-order valence-electron chi connectivity index (χ4n) is 5.33. The van der Waals surface area contributed by atoms with Gasteiger partial charge in [0.2, 0.25) is 11.9 Å². The zero-order chi connectivity index (χ0) is 36.2. The summed E-state index contributed by atoms with van der Waals surface area (Å²) in [6.07, 6.45) is 3.47. The molecule has 0 aliphatic carbocycles. The van der Waals surface area contributed by atoms with Crippen molar-refractivity contribution in [3.05, 3.63) is 161 Å². The summed E-state index contributed by atoms with van der Waals surface area (Å²) < 4.78 is 6.06. The van der Waals surface area contributed by atoms with Gasteiger partial charge in [-0.3, -0.25) is 0 Å². The summed E-state index contributed by atoms with van der Waals surface area (Å²) in [7, 11) is 1.64. The van der Waals surface area contributed by atoms with Crippen molar-refractivity contribution in [2.75, 3.05) is 28.4 Å². The molecule has 0 bridgehead atoms. The molecule has 0 spiro atoms. The molecular weight excluding hydrogens is 728 g/mol. The van der Waals surface area contributed by atoms with Crippen molar-refractivity contribution in [1.29, 1.82) is 0 Å². The van der Waals surface area contributed by atoms with E-state index in [0.717, 1.165) is 38.2 Å². The van der Waals surface area contributed by atoms with Gasteiger partial charge in [0, 0.05) is 41.3 Å². The van der Waals surface area contributed by atoms with Gasteiger partial charge in [0.15, 0.2) is 11.3 Å². The lowest BCUT2D eigenvalue weighted by Crippen LogP contribution is -2.08.